The van der Waals surface area contributed by atoms with Crippen LogP contribution in [0.5, 0.6) is 0 Å². The summed E-state index contributed by atoms with van der Waals surface area (Å²) in [5, 5.41) is 4.95. The molecule has 0 aliphatic rings. The SMILES string of the molecule is CNCc1csc(S(=O)(=O)N(CC(C)C)CC(C)C)c1. The molecule has 1 heterocycles. The molecule has 0 saturated carbocycles. The van der Waals surface area contributed by atoms with Gasteiger partial charge in [-0.1, -0.05) is 27.7 Å². The third kappa shape index (κ3) is 4.84. The van der Waals surface area contributed by atoms with Crippen molar-refractivity contribution < 1.29 is 8.42 Å². The molecule has 0 amide bonds. The Bertz CT molecular complexity index is 497. The molecular weight excluding hydrogens is 292 g/mol. The van der Waals surface area contributed by atoms with Crippen LogP contribution in [0.15, 0.2) is 15.7 Å². The van der Waals surface area contributed by atoms with Gasteiger partial charge < -0.3 is 5.32 Å². The van der Waals surface area contributed by atoms with E-state index in [2.05, 4.69) is 5.32 Å². The van der Waals surface area contributed by atoms with Gasteiger partial charge in [-0.25, -0.2) is 8.42 Å². The van der Waals surface area contributed by atoms with E-state index in [1.165, 1.54) is 11.3 Å². The molecular formula is C14H26N2O2S2. The fourth-order valence-corrected chi connectivity index (χ4v) is 5.13. The van der Waals surface area contributed by atoms with Crippen LogP contribution in [0.4, 0.5) is 0 Å². The second kappa shape index (κ2) is 7.54. The van der Waals surface area contributed by atoms with Crippen molar-refractivity contribution >= 4 is 21.4 Å². The molecule has 1 aromatic heterocycles. The summed E-state index contributed by atoms with van der Waals surface area (Å²) < 4.78 is 27.5. The first kappa shape index (κ1) is 17.6. The van der Waals surface area contributed by atoms with Crippen molar-refractivity contribution in [3.63, 3.8) is 0 Å². The van der Waals surface area contributed by atoms with Crippen molar-refractivity contribution in [1.29, 1.82) is 0 Å². The van der Waals surface area contributed by atoms with Gasteiger partial charge in [0.25, 0.3) is 10.0 Å². The number of hydrogen-bond acceptors (Lipinski definition) is 4. The average Bonchev–Trinajstić information content (AvgIpc) is 2.76. The maximum atomic E-state index is 12.7. The predicted octanol–water partition coefficient (Wildman–Crippen LogP) is 2.77. The molecule has 6 heteroatoms. The number of nitrogens with zero attached hydrogens (tertiary/aromatic N) is 1. The van der Waals surface area contributed by atoms with Crippen LogP contribution in [-0.4, -0.2) is 32.9 Å². The highest BCUT2D eigenvalue weighted by Crippen LogP contribution is 2.25. The molecule has 20 heavy (non-hydrogen) atoms. The Balaban J connectivity index is 3.01. The molecule has 0 aliphatic carbocycles. The van der Waals surface area contributed by atoms with Crippen LogP contribution in [0.3, 0.4) is 0 Å². The largest absolute Gasteiger partial charge is 0.316 e. The molecule has 0 aliphatic heterocycles. The van der Waals surface area contributed by atoms with Gasteiger partial charge in [0, 0.05) is 19.6 Å². The van der Waals surface area contributed by atoms with E-state index in [4.69, 9.17) is 0 Å². The Morgan fingerprint density at radius 3 is 2.20 bits per heavy atom. The Hall–Kier alpha value is -0.430. The summed E-state index contributed by atoms with van der Waals surface area (Å²) in [6, 6.07) is 1.78. The molecule has 1 rings (SSSR count). The molecule has 4 nitrogen and oxygen atoms in total. The lowest BCUT2D eigenvalue weighted by Crippen LogP contribution is -2.36. The molecule has 0 unspecified atom stereocenters. The summed E-state index contributed by atoms with van der Waals surface area (Å²) >= 11 is 1.31. The van der Waals surface area contributed by atoms with Gasteiger partial charge in [0.2, 0.25) is 0 Å². The van der Waals surface area contributed by atoms with Gasteiger partial charge in [-0.3, -0.25) is 0 Å². The smallest absolute Gasteiger partial charge is 0.252 e. The summed E-state index contributed by atoms with van der Waals surface area (Å²) in [5.41, 5.74) is 1.02. The maximum absolute atomic E-state index is 12.7. The zero-order valence-electron chi connectivity index (χ0n) is 13.0. The van der Waals surface area contributed by atoms with E-state index in [0.717, 1.165) is 5.56 Å². The second-order valence-electron chi connectivity index (χ2n) is 5.91. The van der Waals surface area contributed by atoms with Crippen LogP contribution in [0.25, 0.3) is 0 Å². The summed E-state index contributed by atoms with van der Waals surface area (Å²) in [6.07, 6.45) is 0. The van der Waals surface area contributed by atoms with E-state index in [1.54, 1.807) is 10.4 Å². The monoisotopic (exact) mass is 318 g/mol. The van der Waals surface area contributed by atoms with Crippen LogP contribution < -0.4 is 5.32 Å². The molecule has 0 saturated heterocycles. The van der Waals surface area contributed by atoms with Crippen LogP contribution in [0.2, 0.25) is 0 Å². The minimum atomic E-state index is -3.36. The Morgan fingerprint density at radius 2 is 1.75 bits per heavy atom. The lowest BCUT2D eigenvalue weighted by molar-refractivity contribution is 0.334. The number of nitrogens with one attached hydrogen (secondary N) is 1. The standard InChI is InChI=1S/C14H26N2O2S2/c1-11(2)8-16(9-12(3)4)20(17,18)14-6-13(7-15-5)10-19-14/h6,10-12,15H,7-9H2,1-5H3. The molecule has 0 fully saturated rings. The molecule has 0 spiro atoms. The summed E-state index contributed by atoms with van der Waals surface area (Å²) in [5.74, 6) is 0.639. The molecule has 116 valence electrons. The molecule has 0 aromatic carbocycles. The zero-order valence-corrected chi connectivity index (χ0v) is 14.6. The molecule has 1 N–H and O–H groups in total. The van der Waals surface area contributed by atoms with Crippen molar-refractivity contribution in [2.24, 2.45) is 11.8 Å². The molecule has 0 radical (unpaired) electrons. The van der Waals surface area contributed by atoms with Gasteiger partial charge in [0.1, 0.15) is 4.21 Å². The molecule has 0 atom stereocenters. The third-order valence-electron chi connectivity index (χ3n) is 2.74. The topological polar surface area (TPSA) is 49.4 Å². The van der Waals surface area contributed by atoms with Gasteiger partial charge in [-0.05, 0) is 35.9 Å². The zero-order chi connectivity index (χ0) is 15.3. The summed E-state index contributed by atoms with van der Waals surface area (Å²) in [6.45, 7) is 10.0. The Kier molecular flexibility index (Phi) is 6.64. The lowest BCUT2D eigenvalue weighted by Gasteiger charge is -2.24. The van der Waals surface area contributed by atoms with Gasteiger partial charge in [-0.15, -0.1) is 11.3 Å². The quantitative estimate of drug-likeness (QED) is 0.802. The number of rotatable bonds is 8. The first-order valence-electron chi connectivity index (χ1n) is 6.99. The third-order valence-corrected chi connectivity index (χ3v) is 6.04. The second-order valence-corrected chi connectivity index (χ2v) is 8.99. The van der Waals surface area contributed by atoms with E-state index < -0.39 is 10.0 Å². The van der Waals surface area contributed by atoms with Crippen molar-refractivity contribution in [2.75, 3.05) is 20.1 Å². The highest BCUT2D eigenvalue weighted by molar-refractivity contribution is 7.91. The number of hydrogen-bond donors (Lipinski definition) is 1. The first-order chi connectivity index (χ1) is 9.27. The van der Waals surface area contributed by atoms with Crippen molar-refractivity contribution in [2.45, 2.75) is 38.4 Å². The fraction of sp³-hybridized carbons (Fsp3) is 0.714. The van der Waals surface area contributed by atoms with E-state index in [9.17, 15) is 8.42 Å². The minimum absolute atomic E-state index is 0.320. The van der Waals surface area contributed by atoms with Crippen molar-refractivity contribution in [3.05, 3.63) is 17.0 Å². The van der Waals surface area contributed by atoms with Crippen LogP contribution >= 0.6 is 11.3 Å². The number of sulfonamides is 1. The fourth-order valence-electron chi connectivity index (χ4n) is 2.00. The summed E-state index contributed by atoms with van der Waals surface area (Å²) in [7, 11) is -1.51. The maximum Gasteiger partial charge on any atom is 0.252 e. The molecule has 1 aromatic rings. The predicted molar refractivity (Wildman–Crippen MR) is 85.5 cm³/mol. The van der Waals surface area contributed by atoms with Gasteiger partial charge in [0.15, 0.2) is 0 Å². The van der Waals surface area contributed by atoms with Crippen molar-refractivity contribution in [3.8, 4) is 0 Å². The highest BCUT2D eigenvalue weighted by atomic mass is 32.2. The average molecular weight is 319 g/mol. The van der Waals surface area contributed by atoms with Crippen molar-refractivity contribution in [1.82, 2.24) is 9.62 Å². The van der Waals surface area contributed by atoms with E-state index in [-0.39, 0.29) is 0 Å². The van der Waals surface area contributed by atoms with Crippen LogP contribution in [-0.2, 0) is 16.6 Å². The van der Waals surface area contributed by atoms with Crippen LogP contribution in [0.1, 0.15) is 33.3 Å². The summed E-state index contributed by atoms with van der Waals surface area (Å²) in [4.78, 5) is 0. The first-order valence-corrected chi connectivity index (χ1v) is 9.31. The highest BCUT2D eigenvalue weighted by Gasteiger charge is 2.27. The van der Waals surface area contributed by atoms with E-state index >= 15 is 0 Å². The van der Waals surface area contributed by atoms with E-state index in [1.807, 2.05) is 40.1 Å². The van der Waals surface area contributed by atoms with Gasteiger partial charge in [-0.2, -0.15) is 4.31 Å². The number of thiophene rings is 1. The van der Waals surface area contributed by atoms with Gasteiger partial charge >= 0.3 is 0 Å². The lowest BCUT2D eigenvalue weighted by atomic mass is 10.2. The van der Waals surface area contributed by atoms with E-state index in [0.29, 0.717) is 35.7 Å². The molecule has 0 bridgehead atoms. The minimum Gasteiger partial charge on any atom is -0.316 e. The van der Waals surface area contributed by atoms with Gasteiger partial charge in [0.05, 0.1) is 0 Å². The Labute approximate surface area is 127 Å². The normalized spacial score (nSPS) is 12.8. The Morgan fingerprint density at radius 1 is 1.20 bits per heavy atom. The van der Waals surface area contributed by atoms with Crippen LogP contribution in [0, 0.1) is 11.8 Å².